The number of anilines is 1. The van der Waals surface area contributed by atoms with Crippen molar-refractivity contribution in [1.82, 2.24) is 9.97 Å². The van der Waals surface area contributed by atoms with Crippen LogP contribution in [-0.2, 0) is 4.74 Å². The van der Waals surface area contributed by atoms with Crippen molar-refractivity contribution in [1.29, 1.82) is 0 Å². The van der Waals surface area contributed by atoms with Gasteiger partial charge in [-0.05, 0) is 12.5 Å². The third-order valence-electron chi connectivity index (χ3n) is 2.25. The Morgan fingerprint density at radius 1 is 1.43 bits per heavy atom. The van der Waals surface area contributed by atoms with Gasteiger partial charge < -0.3 is 10.5 Å². The molecule has 0 saturated heterocycles. The summed E-state index contributed by atoms with van der Waals surface area (Å²) in [5, 5.41) is 0. The molecule has 0 saturated carbocycles. The molecule has 0 aliphatic carbocycles. The monoisotopic (exact) mass is 191 g/mol. The van der Waals surface area contributed by atoms with E-state index in [9.17, 15) is 0 Å². The van der Waals surface area contributed by atoms with Gasteiger partial charge in [0, 0.05) is 18.8 Å². The van der Waals surface area contributed by atoms with Crippen LogP contribution >= 0.6 is 0 Å². The van der Waals surface area contributed by atoms with Gasteiger partial charge in [-0.25, -0.2) is 4.98 Å². The normalized spacial score (nSPS) is 21.8. The van der Waals surface area contributed by atoms with Crippen LogP contribution in [0.3, 0.4) is 0 Å². The Morgan fingerprint density at radius 2 is 2.21 bits per heavy atom. The average molecular weight is 191 g/mol. The molecule has 0 spiro atoms. The standard InChI is InChI=1S/C10H13N3O/c1-7-6-8(2-5-14-7)9-10(11)13-4-3-12-9/h2-4,7H,5-6H2,1H3,(H2,11,13). The zero-order chi connectivity index (χ0) is 9.97. The number of ether oxygens (including phenoxy) is 1. The molecule has 2 N–H and O–H groups in total. The maximum absolute atomic E-state index is 5.74. The van der Waals surface area contributed by atoms with Gasteiger partial charge in [-0.15, -0.1) is 0 Å². The fourth-order valence-electron chi connectivity index (χ4n) is 1.55. The molecule has 1 aromatic rings. The second-order valence-electron chi connectivity index (χ2n) is 3.37. The minimum absolute atomic E-state index is 0.233. The van der Waals surface area contributed by atoms with Crippen molar-refractivity contribution >= 4 is 11.4 Å². The zero-order valence-corrected chi connectivity index (χ0v) is 8.10. The molecule has 2 heterocycles. The molecule has 0 aromatic carbocycles. The first-order valence-corrected chi connectivity index (χ1v) is 4.65. The highest BCUT2D eigenvalue weighted by Gasteiger charge is 2.15. The lowest BCUT2D eigenvalue weighted by Gasteiger charge is -2.19. The summed E-state index contributed by atoms with van der Waals surface area (Å²) in [4.78, 5) is 8.24. The van der Waals surface area contributed by atoms with E-state index in [0.29, 0.717) is 12.4 Å². The molecule has 1 unspecified atom stereocenters. The van der Waals surface area contributed by atoms with Crippen molar-refractivity contribution < 1.29 is 4.74 Å². The summed E-state index contributed by atoms with van der Waals surface area (Å²) in [5.74, 6) is 0.493. The van der Waals surface area contributed by atoms with Crippen LogP contribution in [-0.4, -0.2) is 22.7 Å². The number of rotatable bonds is 1. The SMILES string of the molecule is CC1CC(c2nccnc2N)=CCO1. The van der Waals surface area contributed by atoms with E-state index >= 15 is 0 Å². The summed E-state index contributed by atoms with van der Waals surface area (Å²) < 4.78 is 5.40. The molecule has 2 rings (SSSR count). The molecule has 1 atom stereocenters. The molecule has 4 heteroatoms. The van der Waals surface area contributed by atoms with Crippen LogP contribution in [0.5, 0.6) is 0 Å². The van der Waals surface area contributed by atoms with Crippen LogP contribution in [0.1, 0.15) is 19.0 Å². The van der Waals surface area contributed by atoms with Gasteiger partial charge in [0.25, 0.3) is 0 Å². The molecule has 4 nitrogen and oxygen atoms in total. The summed E-state index contributed by atoms with van der Waals surface area (Å²) in [7, 11) is 0. The van der Waals surface area contributed by atoms with E-state index in [4.69, 9.17) is 10.5 Å². The fourth-order valence-corrected chi connectivity index (χ4v) is 1.55. The summed E-state index contributed by atoms with van der Waals surface area (Å²) in [6.45, 7) is 2.67. The number of aromatic nitrogens is 2. The van der Waals surface area contributed by atoms with Gasteiger partial charge in [0.05, 0.1) is 12.7 Å². The Hall–Kier alpha value is -1.42. The van der Waals surface area contributed by atoms with E-state index in [1.165, 1.54) is 0 Å². The van der Waals surface area contributed by atoms with Crippen molar-refractivity contribution in [3.63, 3.8) is 0 Å². The van der Waals surface area contributed by atoms with Gasteiger partial charge >= 0.3 is 0 Å². The summed E-state index contributed by atoms with van der Waals surface area (Å²) in [5.41, 5.74) is 7.67. The Bertz CT molecular complexity index is 362. The van der Waals surface area contributed by atoms with Crippen LogP contribution < -0.4 is 5.73 Å². The van der Waals surface area contributed by atoms with Crippen molar-refractivity contribution in [3.05, 3.63) is 24.2 Å². The second kappa shape index (κ2) is 3.75. The molecule has 14 heavy (non-hydrogen) atoms. The minimum Gasteiger partial charge on any atom is -0.382 e. The van der Waals surface area contributed by atoms with Gasteiger partial charge in [-0.2, -0.15) is 0 Å². The van der Waals surface area contributed by atoms with Crippen molar-refractivity contribution in [3.8, 4) is 0 Å². The van der Waals surface area contributed by atoms with Gasteiger partial charge in [0.2, 0.25) is 0 Å². The van der Waals surface area contributed by atoms with E-state index in [-0.39, 0.29) is 6.10 Å². The molecule has 1 aromatic heterocycles. The first-order valence-electron chi connectivity index (χ1n) is 4.65. The topological polar surface area (TPSA) is 61.0 Å². The molecule has 1 aliphatic rings. The highest BCUT2D eigenvalue weighted by atomic mass is 16.5. The molecule has 0 fully saturated rings. The quantitative estimate of drug-likeness (QED) is 0.725. The first kappa shape index (κ1) is 9.15. The molecule has 0 bridgehead atoms. The van der Waals surface area contributed by atoms with Crippen LogP contribution in [0.2, 0.25) is 0 Å². The third kappa shape index (κ3) is 1.75. The van der Waals surface area contributed by atoms with E-state index < -0.39 is 0 Å². The van der Waals surface area contributed by atoms with Crippen molar-refractivity contribution in [2.24, 2.45) is 0 Å². The highest BCUT2D eigenvalue weighted by Crippen LogP contribution is 2.25. The summed E-state index contributed by atoms with van der Waals surface area (Å²) >= 11 is 0. The largest absolute Gasteiger partial charge is 0.382 e. The average Bonchev–Trinajstić information content (AvgIpc) is 2.18. The Balaban J connectivity index is 2.31. The van der Waals surface area contributed by atoms with Crippen LogP contribution in [0.25, 0.3) is 5.57 Å². The van der Waals surface area contributed by atoms with Crippen LogP contribution in [0, 0.1) is 0 Å². The predicted molar refractivity (Wildman–Crippen MR) is 54.5 cm³/mol. The van der Waals surface area contributed by atoms with E-state index in [1.807, 2.05) is 13.0 Å². The Kier molecular flexibility index (Phi) is 2.45. The van der Waals surface area contributed by atoms with E-state index in [2.05, 4.69) is 9.97 Å². The predicted octanol–water partition coefficient (Wildman–Crippen LogP) is 1.25. The van der Waals surface area contributed by atoms with Gasteiger partial charge in [-0.3, -0.25) is 4.98 Å². The smallest absolute Gasteiger partial charge is 0.149 e. The Labute approximate surface area is 82.8 Å². The number of nitrogen functional groups attached to an aromatic ring is 1. The first-order chi connectivity index (χ1) is 6.77. The Morgan fingerprint density at radius 3 is 2.93 bits per heavy atom. The molecule has 0 radical (unpaired) electrons. The lowest BCUT2D eigenvalue weighted by molar-refractivity contribution is 0.0850. The number of nitrogens with two attached hydrogens (primary N) is 1. The lowest BCUT2D eigenvalue weighted by Crippen LogP contribution is -2.15. The summed E-state index contributed by atoms with van der Waals surface area (Å²) in [6.07, 6.45) is 6.36. The van der Waals surface area contributed by atoms with Gasteiger partial charge in [0.1, 0.15) is 11.5 Å². The molecule has 74 valence electrons. The fraction of sp³-hybridized carbons (Fsp3) is 0.400. The number of hydrogen-bond acceptors (Lipinski definition) is 4. The summed E-state index contributed by atoms with van der Waals surface area (Å²) in [6, 6.07) is 0. The van der Waals surface area contributed by atoms with Crippen molar-refractivity contribution in [2.75, 3.05) is 12.3 Å². The zero-order valence-electron chi connectivity index (χ0n) is 8.10. The van der Waals surface area contributed by atoms with Gasteiger partial charge in [0.15, 0.2) is 0 Å². The van der Waals surface area contributed by atoms with Crippen LogP contribution in [0.15, 0.2) is 18.5 Å². The molecular weight excluding hydrogens is 178 g/mol. The number of nitrogens with zero attached hydrogens (tertiary/aromatic N) is 2. The maximum atomic E-state index is 5.74. The number of hydrogen-bond donors (Lipinski definition) is 1. The van der Waals surface area contributed by atoms with Crippen LogP contribution in [0.4, 0.5) is 5.82 Å². The highest BCUT2D eigenvalue weighted by molar-refractivity contribution is 5.70. The molecule has 0 amide bonds. The molecule has 1 aliphatic heterocycles. The third-order valence-corrected chi connectivity index (χ3v) is 2.25. The van der Waals surface area contributed by atoms with E-state index in [0.717, 1.165) is 17.7 Å². The van der Waals surface area contributed by atoms with Crippen molar-refractivity contribution in [2.45, 2.75) is 19.4 Å². The second-order valence-corrected chi connectivity index (χ2v) is 3.37. The molecular formula is C10H13N3O. The lowest BCUT2D eigenvalue weighted by atomic mass is 10.0. The van der Waals surface area contributed by atoms with Gasteiger partial charge in [-0.1, -0.05) is 6.08 Å². The van der Waals surface area contributed by atoms with E-state index in [1.54, 1.807) is 12.4 Å². The maximum Gasteiger partial charge on any atom is 0.149 e. The minimum atomic E-state index is 0.233.